The van der Waals surface area contributed by atoms with E-state index in [2.05, 4.69) is 4.98 Å². The molecule has 1 aromatic heterocycles. The van der Waals surface area contributed by atoms with Crippen LogP contribution in [-0.4, -0.2) is 12.0 Å². The van der Waals surface area contributed by atoms with Gasteiger partial charge in [0.25, 0.3) is 0 Å². The first-order valence-corrected chi connectivity index (χ1v) is 6.66. The van der Waals surface area contributed by atoms with Crippen LogP contribution in [0, 0.1) is 12.7 Å². The summed E-state index contributed by atoms with van der Waals surface area (Å²) in [7, 11) is 1.92. The first kappa shape index (κ1) is 14.5. The molecule has 2 aromatic rings. The normalized spacial score (nSPS) is 12.2. The number of benzene rings is 1. The van der Waals surface area contributed by atoms with E-state index in [1.807, 2.05) is 43.1 Å². The third-order valence-electron chi connectivity index (χ3n) is 3.24. The van der Waals surface area contributed by atoms with Gasteiger partial charge in [0.15, 0.2) is 0 Å². The highest BCUT2D eigenvalue weighted by Crippen LogP contribution is 2.27. The molecule has 0 spiro atoms. The average Bonchev–Trinajstić information content (AvgIpc) is 2.37. The molecule has 0 aliphatic heterocycles. The Morgan fingerprint density at radius 1 is 1.25 bits per heavy atom. The summed E-state index contributed by atoms with van der Waals surface area (Å²) in [5.74, 6) is -0.262. The highest BCUT2D eigenvalue weighted by molar-refractivity contribution is 5.55. The summed E-state index contributed by atoms with van der Waals surface area (Å²) < 4.78 is 13.9. The van der Waals surface area contributed by atoms with E-state index in [0.717, 1.165) is 17.1 Å². The SMILES string of the molecule is Cc1cccc(CN(C)c2cccc(F)c2[C@@H](C)N)n1. The van der Waals surface area contributed by atoms with E-state index in [4.69, 9.17) is 5.73 Å². The van der Waals surface area contributed by atoms with E-state index in [1.165, 1.54) is 6.07 Å². The molecule has 0 aliphatic rings. The lowest BCUT2D eigenvalue weighted by Gasteiger charge is -2.24. The van der Waals surface area contributed by atoms with Crippen LogP contribution in [0.15, 0.2) is 36.4 Å². The minimum absolute atomic E-state index is 0.262. The average molecular weight is 273 g/mol. The third-order valence-corrected chi connectivity index (χ3v) is 3.24. The van der Waals surface area contributed by atoms with Crippen molar-refractivity contribution in [2.75, 3.05) is 11.9 Å². The fourth-order valence-electron chi connectivity index (χ4n) is 2.32. The maximum absolute atomic E-state index is 13.9. The number of hydrogen-bond acceptors (Lipinski definition) is 3. The van der Waals surface area contributed by atoms with Crippen LogP contribution in [0.4, 0.5) is 10.1 Å². The summed E-state index contributed by atoms with van der Waals surface area (Å²) in [6.45, 7) is 4.37. The van der Waals surface area contributed by atoms with Crippen LogP contribution < -0.4 is 10.6 Å². The molecule has 0 fully saturated rings. The number of nitrogens with zero attached hydrogens (tertiary/aromatic N) is 2. The van der Waals surface area contributed by atoms with E-state index in [0.29, 0.717) is 12.1 Å². The van der Waals surface area contributed by atoms with Crippen LogP contribution in [0.5, 0.6) is 0 Å². The second kappa shape index (κ2) is 6.01. The molecule has 0 unspecified atom stereocenters. The number of aryl methyl sites for hydroxylation is 1. The molecule has 3 nitrogen and oxygen atoms in total. The van der Waals surface area contributed by atoms with Crippen molar-refractivity contribution in [1.29, 1.82) is 0 Å². The van der Waals surface area contributed by atoms with Crippen molar-refractivity contribution in [1.82, 2.24) is 4.98 Å². The van der Waals surface area contributed by atoms with Gasteiger partial charge in [0.2, 0.25) is 0 Å². The maximum Gasteiger partial charge on any atom is 0.130 e. The molecule has 0 aliphatic carbocycles. The molecule has 1 atom stereocenters. The fraction of sp³-hybridized carbons (Fsp3) is 0.312. The van der Waals surface area contributed by atoms with Crippen molar-refractivity contribution in [2.24, 2.45) is 5.73 Å². The zero-order valence-electron chi connectivity index (χ0n) is 12.1. The number of aromatic nitrogens is 1. The van der Waals surface area contributed by atoms with E-state index in [9.17, 15) is 4.39 Å². The molecule has 0 amide bonds. The molecule has 2 rings (SSSR count). The molecule has 2 N–H and O–H groups in total. The molecule has 1 aromatic carbocycles. The predicted octanol–water partition coefficient (Wildman–Crippen LogP) is 3.19. The number of rotatable bonds is 4. The molecule has 106 valence electrons. The molecular formula is C16H20FN3. The minimum atomic E-state index is -0.348. The van der Waals surface area contributed by atoms with Gasteiger partial charge in [-0.25, -0.2) is 4.39 Å². The fourth-order valence-corrected chi connectivity index (χ4v) is 2.32. The molecule has 0 saturated carbocycles. The van der Waals surface area contributed by atoms with Crippen molar-refractivity contribution in [2.45, 2.75) is 26.4 Å². The highest BCUT2D eigenvalue weighted by Gasteiger charge is 2.15. The van der Waals surface area contributed by atoms with Crippen molar-refractivity contribution < 1.29 is 4.39 Å². The third kappa shape index (κ3) is 3.14. The van der Waals surface area contributed by atoms with Gasteiger partial charge in [-0.3, -0.25) is 4.98 Å². The Labute approximate surface area is 119 Å². The monoisotopic (exact) mass is 273 g/mol. The van der Waals surface area contributed by atoms with Gasteiger partial charge in [-0.05, 0) is 38.1 Å². The van der Waals surface area contributed by atoms with Crippen LogP contribution in [0.1, 0.15) is 29.9 Å². The zero-order valence-corrected chi connectivity index (χ0v) is 12.1. The summed E-state index contributed by atoms with van der Waals surface area (Å²) in [5, 5.41) is 0. The second-order valence-corrected chi connectivity index (χ2v) is 5.09. The van der Waals surface area contributed by atoms with Gasteiger partial charge in [-0.15, -0.1) is 0 Å². The van der Waals surface area contributed by atoms with Crippen LogP contribution in [0.2, 0.25) is 0 Å². The van der Waals surface area contributed by atoms with E-state index >= 15 is 0 Å². The summed E-state index contributed by atoms with van der Waals surface area (Å²) in [5.41, 5.74) is 9.17. The van der Waals surface area contributed by atoms with E-state index in [1.54, 1.807) is 13.0 Å². The first-order valence-electron chi connectivity index (χ1n) is 6.66. The van der Waals surface area contributed by atoms with Crippen LogP contribution in [0.25, 0.3) is 0 Å². The van der Waals surface area contributed by atoms with Crippen molar-refractivity contribution in [3.8, 4) is 0 Å². The Hall–Kier alpha value is -1.94. The van der Waals surface area contributed by atoms with Crippen LogP contribution >= 0.6 is 0 Å². The lowest BCUT2D eigenvalue weighted by atomic mass is 10.1. The minimum Gasteiger partial charge on any atom is -0.368 e. The van der Waals surface area contributed by atoms with Gasteiger partial charge in [-0.1, -0.05) is 12.1 Å². The Bertz CT molecular complexity index is 596. The molecule has 20 heavy (non-hydrogen) atoms. The number of anilines is 1. The number of halogens is 1. The summed E-state index contributed by atoms with van der Waals surface area (Å²) >= 11 is 0. The van der Waals surface area contributed by atoms with Crippen molar-refractivity contribution >= 4 is 5.69 Å². The lowest BCUT2D eigenvalue weighted by molar-refractivity contribution is 0.592. The Morgan fingerprint density at radius 2 is 1.95 bits per heavy atom. The number of nitrogens with two attached hydrogens (primary N) is 1. The van der Waals surface area contributed by atoms with Gasteiger partial charge in [0, 0.05) is 30.0 Å². The summed E-state index contributed by atoms with van der Waals surface area (Å²) in [6.07, 6.45) is 0. The maximum atomic E-state index is 13.9. The lowest BCUT2D eigenvalue weighted by Crippen LogP contribution is -2.21. The van der Waals surface area contributed by atoms with Gasteiger partial charge >= 0.3 is 0 Å². The molecular weight excluding hydrogens is 253 g/mol. The van der Waals surface area contributed by atoms with Crippen LogP contribution in [0.3, 0.4) is 0 Å². The number of pyridine rings is 1. The Morgan fingerprint density at radius 3 is 2.60 bits per heavy atom. The molecule has 0 radical (unpaired) electrons. The zero-order chi connectivity index (χ0) is 14.7. The summed E-state index contributed by atoms with van der Waals surface area (Å²) in [4.78, 5) is 6.44. The number of hydrogen-bond donors (Lipinski definition) is 1. The van der Waals surface area contributed by atoms with Gasteiger partial charge in [-0.2, -0.15) is 0 Å². The van der Waals surface area contributed by atoms with Gasteiger partial charge < -0.3 is 10.6 Å². The second-order valence-electron chi connectivity index (χ2n) is 5.09. The summed E-state index contributed by atoms with van der Waals surface area (Å²) in [6, 6.07) is 10.6. The smallest absolute Gasteiger partial charge is 0.130 e. The van der Waals surface area contributed by atoms with E-state index < -0.39 is 0 Å². The largest absolute Gasteiger partial charge is 0.368 e. The standard InChI is InChI=1S/C16H20FN3/c1-11-6-4-7-13(19-11)10-20(3)15-9-5-8-14(17)16(15)12(2)18/h4-9,12H,10,18H2,1-3H3/t12-/m1/s1. The molecule has 1 heterocycles. The van der Waals surface area contributed by atoms with Crippen LogP contribution in [-0.2, 0) is 6.54 Å². The molecule has 0 saturated heterocycles. The van der Waals surface area contributed by atoms with Gasteiger partial charge in [0.05, 0.1) is 12.2 Å². The molecule has 4 heteroatoms. The van der Waals surface area contributed by atoms with E-state index in [-0.39, 0.29) is 11.9 Å². The highest BCUT2D eigenvalue weighted by atomic mass is 19.1. The van der Waals surface area contributed by atoms with Crippen molar-refractivity contribution in [3.05, 3.63) is 59.2 Å². The van der Waals surface area contributed by atoms with Crippen molar-refractivity contribution in [3.63, 3.8) is 0 Å². The van der Waals surface area contributed by atoms with Gasteiger partial charge in [0.1, 0.15) is 5.82 Å². The predicted molar refractivity (Wildman–Crippen MR) is 80.1 cm³/mol. The Kier molecular flexibility index (Phi) is 4.35. The first-order chi connectivity index (χ1) is 9.49. The topological polar surface area (TPSA) is 42.1 Å². The quantitative estimate of drug-likeness (QED) is 0.930. The molecule has 0 bridgehead atoms. The Balaban J connectivity index is 2.30.